The molecule has 0 saturated heterocycles. The lowest BCUT2D eigenvalue weighted by Gasteiger charge is -1.99. The van der Waals surface area contributed by atoms with Crippen LogP contribution in [0.4, 0.5) is 0 Å². The third kappa shape index (κ3) is 3.41. The molecule has 0 radical (unpaired) electrons. The van der Waals surface area contributed by atoms with Crippen molar-refractivity contribution in [2.45, 2.75) is 6.42 Å². The second kappa shape index (κ2) is 5.19. The molecule has 0 atom stereocenters. The topological polar surface area (TPSA) is 63.3 Å². The number of carbonyl (C=O) groups excluding carboxylic acids is 1. The molecule has 0 aliphatic heterocycles. The fraction of sp³-hybridized carbons (Fsp3) is 0.182. The first kappa shape index (κ1) is 10.5. The van der Waals surface area contributed by atoms with E-state index in [0.717, 1.165) is 11.1 Å². The van der Waals surface area contributed by atoms with Crippen molar-refractivity contribution in [2.24, 2.45) is 5.73 Å². The number of carbonyl (C=O) groups is 1. The zero-order valence-corrected chi connectivity index (χ0v) is 7.81. The molecular weight excluding hydrogens is 178 g/mol. The van der Waals surface area contributed by atoms with Crippen molar-refractivity contribution in [1.82, 2.24) is 0 Å². The van der Waals surface area contributed by atoms with Gasteiger partial charge in [-0.2, -0.15) is 0 Å². The van der Waals surface area contributed by atoms with Gasteiger partial charge in [0.2, 0.25) is 5.91 Å². The van der Waals surface area contributed by atoms with Gasteiger partial charge in [-0.15, -0.1) is 0 Å². The second-order valence-electron chi connectivity index (χ2n) is 2.95. The van der Waals surface area contributed by atoms with Crippen molar-refractivity contribution in [3.05, 3.63) is 41.5 Å². The molecule has 0 aromatic heterocycles. The van der Waals surface area contributed by atoms with E-state index in [1.165, 1.54) is 6.08 Å². The van der Waals surface area contributed by atoms with Crippen LogP contribution in [-0.2, 0) is 11.2 Å². The molecule has 1 aromatic rings. The summed E-state index contributed by atoms with van der Waals surface area (Å²) >= 11 is 0. The summed E-state index contributed by atoms with van der Waals surface area (Å²) in [6.07, 6.45) is 3.60. The van der Waals surface area contributed by atoms with Gasteiger partial charge in [0.25, 0.3) is 0 Å². The van der Waals surface area contributed by atoms with E-state index in [2.05, 4.69) is 0 Å². The molecular formula is C11H13NO2. The molecule has 0 heterocycles. The lowest BCUT2D eigenvalue weighted by atomic mass is 10.1. The molecule has 0 spiro atoms. The Morgan fingerprint density at radius 1 is 1.50 bits per heavy atom. The fourth-order valence-corrected chi connectivity index (χ4v) is 1.16. The maximum atomic E-state index is 10.5. The van der Waals surface area contributed by atoms with Crippen LogP contribution in [0, 0.1) is 0 Å². The van der Waals surface area contributed by atoms with Gasteiger partial charge in [-0.1, -0.05) is 24.3 Å². The Morgan fingerprint density at radius 3 is 2.93 bits per heavy atom. The maximum Gasteiger partial charge on any atom is 0.241 e. The zero-order chi connectivity index (χ0) is 10.4. The number of aliphatic hydroxyl groups is 1. The minimum Gasteiger partial charge on any atom is -0.396 e. The molecule has 0 saturated carbocycles. The smallest absolute Gasteiger partial charge is 0.241 e. The van der Waals surface area contributed by atoms with E-state index in [0.29, 0.717) is 6.42 Å². The number of benzene rings is 1. The molecule has 0 aliphatic rings. The number of aliphatic hydroxyl groups excluding tert-OH is 1. The van der Waals surface area contributed by atoms with Gasteiger partial charge in [0.1, 0.15) is 0 Å². The third-order valence-corrected chi connectivity index (χ3v) is 1.79. The van der Waals surface area contributed by atoms with Crippen molar-refractivity contribution in [2.75, 3.05) is 6.61 Å². The largest absolute Gasteiger partial charge is 0.396 e. The molecule has 3 heteroatoms. The molecule has 14 heavy (non-hydrogen) atoms. The summed E-state index contributed by atoms with van der Waals surface area (Å²) in [4.78, 5) is 10.5. The molecule has 0 fully saturated rings. The van der Waals surface area contributed by atoms with Gasteiger partial charge in [0.15, 0.2) is 0 Å². The lowest BCUT2D eigenvalue weighted by molar-refractivity contribution is -0.113. The van der Waals surface area contributed by atoms with Gasteiger partial charge in [-0.25, -0.2) is 0 Å². The summed E-state index contributed by atoms with van der Waals surface area (Å²) in [5.41, 5.74) is 6.92. The first-order valence-electron chi connectivity index (χ1n) is 4.39. The minimum atomic E-state index is -0.461. The molecule has 0 bridgehead atoms. The predicted octanol–water partition coefficient (Wildman–Crippen LogP) is 0.720. The number of hydrogen-bond acceptors (Lipinski definition) is 2. The average molecular weight is 191 g/mol. The summed E-state index contributed by atoms with van der Waals surface area (Å²) in [5.74, 6) is -0.461. The Labute approximate surface area is 82.9 Å². The Kier molecular flexibility index (Phi) is 3.88. The Hall–Kier alpha value is -1.61. The second-order valence-corrected chi connectivity index (χ2v) is 2.95. The lowest BCUT2D eigenvalue weighted by Crippen LogP contribution is -2.05. The number of amides is 1. The van der Waals surface area contributed by atoms with Crippen LogP contribution in [0.5, 0.6) is 0 Å². The van der Waals surface area contributed by atoms with Crippen LogP contribution in [0.3, 0.4) is 0 Å². The molecule has 1 aromatic carbocycles. The van der Waals surface area contributed by atoms with Crippen LogP contribution in [0.15, 0.2) is 30.3 Å². The molecule has 3 nitrogen and oxygen atoms in total. The normalized spacial score (nSPS) is 10.6. The standard InChI is InChI=1S/C11H13NO2/c12-11(14)5-4-9-2-1-3-10(8-9)6-7-13/h1-5,8,13H,6-7H2,(H2,12,14). The number of rotatable bonds is 4. The quantitative estimate of drug-likeness (QED) is 0.689. The van der Waals surface area contributed by atoms with Crippen molar-refractivity contribution >= 4 is 12.0 Å². The minimum absolute atomic E-state index is 0.128. The highest BCUT2D eigenvalue weighted by atomic mass is 16.2. The van der Waals surface area contributed by atoms with Crippen LogP contribution < -0.4 is 5.73 Å². The first-order valence-corrected chi connectivity index (χ1v) is 4.39. The molecule has 74 valence electrons. The van der Waals surface area contributed by atoms with Crippen molar-refractivity contribution in [3.8, 4) is 0 Å². The molecule has 0 aliphatic carbocycles. The van der Waals surface area contributed by atoms with E-state index >= 15 is 0 Å². The van der Waals surface area contributed by atoms with Crippen LogP contribution in [0.2, 0.25) is 0 Å². The van der Waals surface area contributed by atoms with Gasteiger partial charge < -0.3 is 10.8 Å². The van der Waals surface area contributed by atoms with E-state index in [1.807, 2.05) is 24.3 Å². The average Bonchev–Trinajstić information content (AvgIpc) is 2.16. The maximum absolute atomic E-state index is 10.5. The Bertz CT molecular complexity index is 345. The van der Waals surface area contributed by atoms with Crippen LogP contribution in [0.1, 0.15) is 11.1 Å². The monoisotopic (exact) mass is 191 g/mol. The van der Waals surface area contributed by atoms with Crippen LogP contribution >= 0.6 is 0 Å². The summed E-state index contributed by atoms with van der Waals surface area (Å²) in [6.45, 7) is 0.128. The molecule has 0 unspecified atom stereocenters. The fourth-order valence-electron chi connectivity index (χ4n) is 1.16. The van der Waals surface area contributed by atoms with Gasteiger partial charge in [0.05, 0.1) is 0 Å². The van der Waals surface area contributed by atoms with Crippen molar-refractivity contribution in [3.63, 3.8) is 0 Å². The highest BCUT2D eigenvalue weighted by Gasteiger charge is 1.93. The van der Waals surface area contributed by atoms with Gasteiger partial charge >= 0.3 is 0 Å². The van der Waals surface area contributed by atoms with E-state index in [1.54, 1.807) is 6.08 Å². The molecule has 1 amide bonds. The SMILES string of the molecule is NC(=O)C=Cc1cccc(CCO)c1. The van der Waals surface area contributed by atoms with Crippen molar-refractivity contribution in [1.29, 1.82) is 0 Å². The highest BCUT2D eigenvalue weighted by molar-refractivity contribution is 5.90. The summed E-state index contributed by atoms with van der Waals surface area (Å²) in [6, 6.07) is 7.60. The first-order chi connectivity index (χ1) is 6.72. The Morgan fingerprint density at radius 2 is 2.29 bits per heavy atom. The zero-order valence-electron chi connectivity index (χ0n) is 7.81. The van der Waals surface area contributed by atoms with E-state index in [4.69, 9.17) is 10.8 Å². The van der Waals surface area contributed by atoms with E-state index in [9.17, 15) is 4.79 Å². The van der Waals surface area contributed by atoms with Crippen LogP contribution in [0.25, 0.3) is 6.08 Å². The summed E-state index contributed by atoms with van der Waals surface area (Å²) in [5, 5.41) is 8.74. The molecule has 3 N–H and O–H groups in total. The highest BCUT2D eigenvalue weighted by Crippen LogP contribution is 2.07. The predicted molar refractivity (Wildman–Crippen MR) is 55.5 cm³/mol. The number of hydrogen-bond donors (Lipinski definition) is 2. The summed E-state index contributed by atoms with van der Waals surface area (Å²) < 4.78 is 0. The van der Waals surface area contributed by atoms with Gasteiger partial charge in [-0.3, -0.25) is 4.79 Å². The van der Waals surface area contributed by atoms with Crippen LogP contribution in [-0.4, -0.2) is 17.6 Å². The molecule has 1 rings (SSSR count). The number of nitrogens with two attached hydrogens (primary N) is 1. The van der Waals surface area contributed by atoms with Gasteiger partial charge in [0, 0.05) is 12.7 Å². The van der Waals surface area contributed by atoms with Crippen molar-refractivity contribution < 1.29 is 9.90 Å². The third-order valence-electron chi connectivity index (χ3n) is 1.79. The Balaban J connectivity index is 2.77. The van der Waals surface area contributed by atoms with E-state index in [-0.39, 0.29) is 6.61 Å². The van der Waals surface area contributed by atoms with Gasteiger partial charge in [-0.05, 0) is 23.6 Å². The van der Waals surface area contributed by atoms with E-state index < -0.39 is 5.91 Å². The summed E-state index contributed by atoms with van der Waals surface area (Å²) in [7, 11) is 0. The number of primary amides is 1.